The van der Waals surface area contributed by atoms with Gasteiger partial charge in [-0.3, -0.25) is 0 Å². The largest absolute Gasteiger partial charge is 0.224 e. The van der Waals surface area contributed by atoms with Crippen LogP contribution in [0.5, 0.6) is 0 Å². The highest BCUT2D eigenvalue weighted by molar-refractivity contribution is 7.90. The van der Waals surface area contributed by atoms with E-state index < -0.39 is 21.5 Å². The summed E-state index contributed by atoms with van der Waals surface area (Å²) in [6.45, 7) is 3.69. The summed E-state index contributed by atoms with van der Waals surface area (Å²) in [6.07, 6.45) is 1.12. The molecule has 0 aliphatic heterocycles. The van der Waals surface area contributed by atoms with Crippen LogP contribution in [0.4, 0.5) is 8.78 Å². The van der Waals surface area contributed by atoms with Gasteiger partial charge in [0.05, 0.1) is 4.90 Å². The van der Waals surface area contributed by atoms with Crippen LogP contribution in [0.3, 0.4) is 0 Å². The van der Waals surface area contributed by atoms with Gasteiger partial charge in [0.1, 0.15) is 0 Å². The summed E-state index contributed by atoms with van der Waals surface area (Å²) < 4.78 is 51.2. The van der Waals surface area contributed by atoms with Crippen molar-refractivity contribution >= 4 is 21.4 Å². The Balaban J connectivity index is 2.24. The third-order valence-corrected chi connectivity index (χ3v) is 6.13. The molecule has 0 spiro atoms. The van der Waals surface area contributed by atoms with Crippen LogP contribution in [0.25, 0.3) is 22.3 Å². The van der Waals surface area contributed by atoms with E-state index in [1.807, 2.05) is 26.0 Å². The molecule has 0 unspecified atom stereocenters. The Bertz CT molecular complexity index is 1110. The standard InChI is InChI=1S/C21H17ClF2O2S/c1-12-8-15(9-13(2)21(12)22)18-11-20(24)19(23)10-17(18)14-4-6-16(7-5-14)27(3,25)26/h4-11H,1-3H3. The molecule has 0 radical (unpaired) electrons. The molecule has 0 aliphatic carbocycles. The van der Waals surface area contributed by atoms with Crippen LogP contribution in [0, 0.1) is 25.5 Å². The van der Waals surface area contributed by atoms with Gasteiger partial charge in [-0.25, -0.2) is 17.2 Å². The van der Waals surface area contributed by atoms with Crippen molar-refractivity contribution in [2.75, 3.05) is 6.26 Å². The van der Waals surface area contributed by atoms with Crippen LogP contribution in [-0.4, -0.2) is 14.7 Å². The summed E-state index contributed by atoms with van der Waals surface area (Å²) in [5, 5.41) is 0.625. The number of aryl methyl sites for hydroxylation is 2. The van der Waals surface area contributed by atoms with E-state index in [2.05, 4.69) is 0 Å². The van der Waals surface area contributed by atoms with Crippen molar-refractivity contribution < 1.29 is 17.2 Å². The van der Waals surface area contributed by atoms with Crippen LogP contribution < -0.4 is 0 Å². The minimum absolute atomic E-state index is 0.161. The number of benzene rings is 3. The number of hydrogen-bond acceptors (Lipinski definition) is 2. The number of sulfone groups is 1. The quantitative estimate of drug-likeness (QED) is 0.536. The van der Waals surface area contributed by atoms with Gasteiger partial charge in [-0.1, -0.05) is 23.7 Å². The maximum atomic E-state index is 14.0. The first kappa shape index (κ1) is 19.5. The molecular formula is C21H17ClF2O2S. The molecule has 27 heavy (non-hydrogen) atoms. The molecule has 0 aliphatic rings. The van der Waals surface area contributed by atoms with E-state index in [0.717, 1.165) is 29.5 Å². The van der Waals surface area contributed by atoms with Crippen molar-refractivity contribution in [1.29, 1.82) is 0 Å². The van der Waals surface area contributed by atoms with Crippen LogP contribution >= 0.6 is 11.6 Å². The normalized spacial score (nSPS) is 11.6. The molecule has 0 amide bonds. The number of halogens is 3. The Morgan fingerprint density at radius 2 is 1.22 bits per heavy atom. The molecule has 3 aromatic carbocycles. The summed E-state index contributed by atoms with van der Waals surface area (Å²) in [4.78, 5) is 0.161. The van der Waals surface area contributed by atoms with Gasteiger partial charge in [0.2, 0.25) is 0 Å². The zero-order valence-electron chi connectivity index (χ0n) is 15.0. The number of hydrogen-bond donors (Lipinski definition) is 0. The smallest absolute Gasteiger partial charge is 0.175 e. The van der Waals surface area contributed by atoms with Crippen molar-refractivity contribution in [3.63, 3.8) is 0 Å². The van der Waals surface area contributed by atoms with E-state index in [1.165, 1.54) is 12.1 Å². The first-order valence-electron chi connectivity index (χ1n) is 8.14. The monoisotopic (exact) mass is 406 g/mol. The molecule has 0 saturated heterocycles. The van der Waals surface area contributed by atoms with Gasteiger partial charge in [0, 0.05) is 11.3 Å². The molecule has 0 atom stereocenters. The Hall–Kier alpha value is -2.24. The topological polar surface area (TPSA) is 34.1 Å². The Morgan fingerprint density at radius 3 is 1.67 bits per heavy atom. The zero-order valence-corrected chi connectivity index (χ0v) is 16.5. The highest BCUT2D eigenvalue weighted by atomic mass is 35.5. The molecule has 3 rings (SSSR count). The van der Waals surface area contributed by atoms with Crippen molar-refractivity contribution in [2.45, 2.75) is 18.7 Å². The average molecular weight is 407 g/mol. The third kappa shape index (κ3) is 3.89. The Morgan fingerprint density at radius 1 is 0.778 bits per heavy atom. The third-order valence-electron chi connectivity index (χ3n) is 4.40. The van der Waals surface area contributed by atoms with Gasteiger partial charge >= 0.3 is 0 Å². The van der Waals surface area contributed by atoms with Crippen LogP contribution in [-0.2, 0) is 9.84 Å². The summed E-state index contributed by atoms with van der Waals surface area (Å²) >= 11 is 6.22. The van der Waals surface area contributed by atoms with Crippen LogP contribution in [0.1, 0.15) is 11.1 Å². The fraction of sp³-hybridized carbons (Fsp3) is 0.143. The molecule has 0 fully saturated rings. The van der Waals surface area contributed by atoms with E-state index in [4.69, 9.17) is 11.6 Å². The second-order valence-corrected chi connectivity index (χ2v) is 8.93. The van der Waals surface area contributed by atoms with E-state index in [-0.39, 0.29) is 4.90 Å². The summed E-state index contributed by atoms with van der Waals surface area (Å²) in [6, 6.07) is 12.0. The van der Waals surface area contributed by atoms with Crippen molar-refractivity contribution in [2.24, 2.45) is 0 Å². The molecule has 0 saturated carbocycles. The fourth-order valence-electron chi connectivity index (χ4n) is 3.01. The zero-order chi connectivity index (χ0) is 19.9. The Kier molecular flexibility index (Phi) is 5.10. The first-order valence-corrected chi connectivity index (χ1v) is 10.4. The fourth-order valence-corrected chi connectivity index (χ4v) is 3.75. The molecule has 2 nitrogen and oxygen atoms in total. The van der Waals surface area contributed by atoms with Crippen molar-refractivity contribution in [3.05, 3.63) is 76.3 Å². The predicted molar refractivity (Wildman–Crippen MR) is 105 cm³/mol. The maximum absolute atomic E-state index is 14.0. The lowest BCUT2D eigenvalue weighted by Gasteiger charge is -2.14. The average Bonchev–Trinajstić information content (AvgIpc) is 2.60. The Labute approximate surface area is 162 Å². The SMILES string of the molecule is Cc1cc(-c2cc(F)c(F)cc2-c2ccc(S(C)(=O)=O)cc2)cc(C)c1Cl. The van der Waals surface area contributed by atoms with Crippen molar-refractivity contribution in [1.82, 2.24) is 0 Å². The van der Waals surface area contributed by atoms with E-state index >= 15 is 0 Å². The predicted octanol–water partition coefficient (Wildman–Crippen LogP) is 5.97. The molecular weight excluding hydrogens is 390 g/mol. The second kappa shape index (κ2) is 7.06. The first-order chi connectivity index (χ1) is 12.6. The molecule has 0 heterocycles. The summed E-state index contributed by atoms with van der Waals surface area (Å²) in [5.41, 5.74) is 3.92. The van der Waals surface area contributed by atoms with Gasteiger partial charge in [0.15, 0.2) is 21.5 Å². The molecule has 0 N–H and O–H groups in total. The van der Waals surface area contributed by atoms with Gasteiger partial charge in [0.25, 0.3) is 0 Å². The molecule has 6 heteroatoms. The highest BCUT2D eigenvalue weighted by Gasteiger charge is 2.16. The number of rotatable bonds is 3. The van der Waals surface area contributed by atoms with E-state index in [1.54, 1.807) is 12.1 Å². The summed E-state index contributed by atoms with van der Waals surface area (Å²) in [5.74, 6) is -1.92. The second-order valence-electron chi connectivity index (χ2n) is 6.53. The molecule has 0 bridgehead atoms. The van der Waals surface area contributed by atoms with Crippen LogP contribution in [0.2, 0.25) is 5.02 Å². The van der Waals surface area contributed by atoms with E-state index in [0.29, 0.717) is 27.3 Å². The summed E-state index contributed by atoms with van der Waals surface area (Å²) in [7, 11) is -3.34. The lowest BCUT2D eigenvalue weighted by molar-refractivity contribution is 0.509. The molecule has 140 valence electrons. The molecule has 0 aromatic heterocycles. The van der Waals surface area contributed by atoms with Crippen LogP contribution in [0.15, 0.2) is 53.4 Å². The van der Waals surface area contributed by atoms with Gasteiger partial charge in [-0.2, -0.15) is 0 Å². The van der Waals surface area contributed by atoms with E-state index in [9.17, 15) is 17.2 Å². The van der Waals surface area contributed by atoms with Gasteiger partial charge in [-0.15, -0.1) is 0 Å². The van der Waals surface area contributed by atoms with Gasteiger partial charge in [-0.05, 0) is 83.6 Å². The lowest BCUT2D eigenvalue weighted by Crippen LogP contribution is -1.97. The highest BCUT2D eigenvalue weighted by Crippen LogP contribution is 2.36. The van der Waals surface area contributed by atoms with Gasteiger partial charge < -0.3 is 0 Å². The lowest BCUT2D eigenvalue weighted by atomic mass is 9.92. The van der Waals surface area contributed by atoms with Crippen molar-refractivity contribution in [3.8, 4) is 22.3 Å². The maximum Gasteiger partial charge on any atom is 0.175 e. The molecule has 3 aromatic rings. The minimum Gasteiger partial charge on any atom is -0.224 e. The minimum atomic E-state index is -3.34.